The molecule has 0 saturated heterocycles. The standard InChI is InChI=1S/C12H17NO6/c1-12(11(16)17,13(18-2)19-3)7-8-4-5-9(14)10(15)6-8/h4-6,14-15H,7H2,1-3H3,(H,16,17). The molecule has 1 unspecified atom stereocenters. The lowest BCUT2D eigenvalue weighted by molar-refractivity contribution is -0.382. The molecular formula is C12H17NO6. The number of carbonyl (C=O) groups is 1. The van der Waals surface area contributed by atoms with E-state index in [9.17, 15) is 20.1 Å². The molecule has 0 radical (unpaired) electrons. The molecule has 0 spiro atoms. The van der Waals surface area contributed by atoms with Crippen molar-refractivity contribution in [3.8, 4) is 11.5 Å². The van der Waals surface area contributed by atoms with Crippen LogP contribution in [-0.2, 0) is 20.9 Å². The Morgan fingerprint density at radius 3 is 2.26 bits per heavy atom. The van der Waals surface area contributed by atoms with Crippen LogP contribution in [0.5, 0.6) is 11.5 Å². The van der Waals surface area contributed by atoms with Crippen LogP contribution in [0.2, 0.25) is 0 Å². The molecule has 1 aromatic rings. The summed E-state index contributed by atoms with van der Waals surface area (Å²) in [5.41, 5.74) is -0.966. The van der Waals surface area contributed by atoms with E-state index in [1.54, 1.807) is 0 Å². The van der Waals surface area contributed by atoms with Crippen LogP contribution >= 0.6 is 0 Å². The number of carboxylic acid groups (broad SMARTS) is 1. The quantitative estimate of drug-likeness (QED) is 0.522. The van der Waals surface area contributed by atoms with Crippen LogP contribution in [0.15, 0.2) is 18.2 Å². The molecular weight excluding hydrogens is 254 g/mol. The average Bonchev–Trinajstić information content (AvgIpc) is 2.35. The van der Waals surface area contributed by atoms with E-state index in [1.165, 1.54) is 39.3 Å². The van der Waals surface area contributed by atoms with Crippen LogP contribution in [0, 0.1) is 0 Å². The van der Waals surface area contributed by atoms with E-state index in [2.05, 4.69) is 0 Å². The molecule has 0 saturated carbocycles. The highest BCUT2D eigenvalue weighted by molar-refractivity contribution is 5.78. The maximum atomic E-state index is 11.4. The van der Waals surface area contributed by atoms with Crippen molar-refractivity contribution in [3.63, 3.8) is 0 Å². The van der Waals surface area contributed by atoms with Crippen LogP contribution in [0.4, 0.5) is 0 Å². The number of hydrogen-bond acceptors (Lipinski definition) is 6. The third-order valence-electron chi connectivity index (χ3n) is 2.78. The normalized spacial score (nSPS) is 14.3. The Labute approximate surface area is 110 Å². The highest BCUT2D eigenvalue weighted by atomic mass is 16.9. The fraction of sp³-hybridized carbons (Fsp3) is 0.417. The van der Waals surface area contributed by atoms with Crippen molar-refractivity contribution < 1.29 is 29.8 Å². The van der Waals surface area contributed by atoms with E-state index >= 15 is 0 Å². The molecule has 0 bridgehead atoms. The molecule has 1 rings (SSSR count). The van der Waals surface area contributed by atoms with E-state index in [4.69, 9.17) is 9.68 Å². The van der Waals surface area contributed by atoms with Crippen molar-refractivity contribution in [2.24, 2.45) is 0 Å². The van der Waals surface area contributed by atoms with Gasteiger partial charge in [-0.15, -0.1) is 0 Å². The zero-order valence-electron chi connectivity index (χ0n) is 11.0. The number of hydrogen-bond donors (Lipinski definition) is 3. The minimum atomic E-state index is -1.48. The molecule has 0 aliphatic rings. The molecule has 1 atom stereocenters. The second kappa shape index (κ2) is 5.87. The number of phenols is 2. The van der Waals surface area contributed by atoms with Gasteiger partial charge in [0.2, 0.25) is 0 Å². The Balaban J connectivity index is 3.07. The lowest BCUT2D eigenvalue weighted by Gasteiger charge is -2.33. The van der Waals surface area contributed by atoms with Crippen molar-refractivity contribution in [1.82, 2.24) is 5.23 Å². The summed E-state index contributed by atoms with van der Waals surface area (Å²) < 4.78 is 0. The Morgan fingerprint density at radius 2 is 1.84 bits per heavy atom. The summed E-state index contributed by atoms with van der Waals surface area (Å²) in [6, 6.07) is 4.09. The molecule has 0 aromatic heterocycles. The molecule has 0 heterocycles. The van der Waals surface area contributed by atoms with Crippen molar-refractivity contribution in [2.75, 3.05) is 14.2 Å². The molecule has 0 fully saturated rings. The minimum absolute atomic E-state index is 0.0118. The maximum Gasteiger partial charge on any atom is 0.329 e. The second-order valence-corrected chi connectivity index (χ2v) is 4.20. The van der Waals surface area contributed by atoms with Crippen molar-refractivity contribution in [2.45, 2.75) is 18.9 Å². The van der Waals surface area contributed by atoms with Gasteiger partial charge in [-0.2, -0.15) is 0 Å². The Kier molecular flexibility index (Phi) is 4.71. The van der Waals surface area contributed by atoms with Gasteiger partial charge in [0, 0.05) is 6.42 Å². The van der Waals surface area contributed by atoms with Gasteiger partial charge in [0.15, 0.2) is 17.0 Å². The smallest absolute Gasteiger partial charge is 0.329 e. The summed E-state index contributed by atoms with van der Waals surface area (Å²) >= 11 is 0. The fourth-order valence-electron chi connectivity index (χ4n) is 1.77. The van der Waals surface area contributed by atoms with Gasteiger partial charge in [0.25, 0.3) is 0 Å². The molecule has 19 heavy (non-hydrogen) atoms. The van der Waals surface area contributed by atoms with Crippen LogP contribution in [-0.4, -0.2) is 46.3 Å². The molecule has 1 aromatic carbocycles. The first-order chi connectivity index (χ1) is 8.85. The number of phenolic OH excluding ortho intramolecular Hbond substituents is 2. The Hall–Kier alpha value is -1.83. The number of aliphatic carboxylic acids is 1. The largest absolute Gasteiger partial charge is 0.504 e. The van der Waals surface area contributed by atoms with Gasteiger partial charge < -0.3 is 15.3 Å². The van der Waals surface area contributed by atoms with E-state index < -0.39 is 11.5 Å². The molecule has 0 amide bonds. The predicted molar refractivity (Wildman–Crippen MR) is 65.4 cm³/mol. The Morgan fingerprint density at radius 1 is 1.26 bits per heavy atom. The number of hydroxylamine groups is 2. The third-order valence-corrected chi connectivity index (χ3v) is 2.78. The monoisotopic (exact) mass is 271 g/mol. The third kappa shape index (κ3) is 3.14. The lowest BCUT2D eigenvalue weighted by Crippen LogP contribution is -2.53. The molecule has 7 heteroatoms. The van der Waals surface area contributed by atoms with Crippen LogP contribution < -0.4 is 0 Å². The van der Waals surface area contributed by atoms with Gasteiger partial charge in [-0.05, 0) is 29.8 Å². The van der Waals surface area contributed by atoms with Crippen molar-refractivity contribution in [1.29, 1.82) is 0 Å². The van der Waals surface area contributed by atoms with E-state index in [-0.39, 0.29) is 17.9 Å². The number of aromatic hydroxyl groups is 2. The summed E-state index contributed by atoms with van der Waals surface area (Å²) in [6.07, 6.45) is 0.0118. The van der Waals surface area contributed by atoms with Crippen LogP contribution in [0.3, 0.4) is 0 Å². The van der Waals surface area contributed by atoms with Gasteiger partial charge in [0.1, 0.15) is 0 Å². The average molecular weight is 271 g/mol. The first-order valence-corrected chi connectivity index (χ1v) is 5.48. The number of nitrogens with zero attached hydrogens (tertiary/aromatic N) is 1. The topological polar surface area (TPSA) is 99.5 Å². The van der Waals surface area contributed by atoms with Crippen molar-refractivity contribution >= 4 is 5.97 Å². The van der Waals surface area contributed by atoms with Gasteiger partial charge >= 0.3 is 5.97 Å². The summed E-state index contributed by atoms with van der Waals surface area (Å²) in [5, 5.41) is 28.8. The summed E-state index contributed by atoms with van der Waals surface area (Å²) in [4.78, 5) is 21.2. The zero-order chi connectivity index (χ0) is 14.6. The minimum Gasteiger partial charge on any atom is -0.504 e. The highest BCUT2D eigenvalue weighted by Gasteiger charge is 2.42. The predicted octanol–water partition coefficient (Wildman–Crippen LogP) is 0.908. The molecule has 0 aliphatic carbocycles. The van der Waals surface area contributed by atoms with Crippen LogP contribution in [0.1, 0.15) is 12.5 Å². The second-order valence-electron chi connectivity index (χ2n) is 4.20. The number of rotatable bonds is 6. The first kappa shape index (κ1) is 15.2. The molecule has 7 nitrogen and oxygen atoms in total. The molecule has 106 valence electrons. The fourth-order valence-corrected chi connectivity index (χ4v) is 1.77. The van der Waals surface area contributed by atoms with Gasteiger partial charge in [0.05, 0.1) is 14.2 Å². The number of benzene rings is 1. The maximum absolute atomic E-state index is 11.4. The first-order valence-electron chi connectivity index (χ1n) is 5.48. The van der Waals surface area contributed by atoms with Gasteiger partial charge in [-0.1, -0.05) is 6.07 Å². The molecule has 0 aliphatic heterocycles. The van der Waals surface area contributed by atoms with Crippen LogP contribution in [0.25, 0.3) is 0 Å². The summed E-state index contributed by atoms with van der Waals surface area (Å²) in [5.74, 6) is -1.73. The van der Waals surface area contributed by atoms with Crippen molar-refractivity contribution in [3.05, 3.63) is 23.8 Å². The zero-order valence-corrected chi connectivity index (χ0v) is 11.0. The number of carboxylic acids is 1. The lowest BCUT2D eigenvalue weighted by atomic mass is 9.93. The summed E-state index contributed by atoms with van der Waals surface area (Å²) in [6.45, 7) is 1.42. The van der Waals surface area contributed by atoms with E-state index in [0.717, 1.165) is 5.23 Å². The highest BCUT2D eigenvalue weighted by Crippen LogP contribution is 2.28. The molecule has 3 N–H and O–H groups in total. The van der Waals surface area contributed by atoms with E-state index in [1.807, 2.05) is 0 Å². The Bertz CT molecular complexity index is 460. The van der Waals surface area contributed by atoms with Gasteiger partial charge in [-0.3, -0.25) is 14.5 Å². The SMILES string of the molecule is CON(OC)C(C)(Cc1ccc(O)c(O)c1)C(=O)O. The van der Waals surface area contributed by atoms with Gasteiger partial charge in [-0.25, -0.2) is 0 Å². The van der Waals surface area contributed by atoms with E-state index in [0.29, 0.717) is 5.56 Å². The summed E-state index contributed by atoms with van der Waals surface area (Å²) in [7, 11) is 2.58.